The number of thiocarbonyl (C=S) groups is 1. The molecule has 0 radical (unpaired) electrons. The smallest absolute Gasteiger partial charge is 0.406 e. The maximum Gasteiger partial charge on any atom is 0.573 e. The highest BCUT2D eigenvalue weighted by atomic mass is 32.2. The molecule has 1 N–H and O–H groups in total. The molecule has 1 fully saturated rings. The van der Waals surface area contributed by atoms with Gasteiger partial charge in [0.2, 0.25) is 5.91 Å². The van der Waals surface area contributed by atoms with Gasteiger partial charge in [-0.3, -0.25) is 9.69 Å². The first-order valence-electron chi connectivity index (χ1n) is 14.3. The number of hydrogen-bond acceptors (Lipinski definition) is 6. The highest BCUT2D eigenvalue weighted by molar-refractivity contribution is 8.15. The summed E-state index contributed by atoms with van der Waals surface area (Å²) < 4.78 is 42.7. The number of rotatable bonds is 9. The molecule has 4 aromatic rings. The Morgan fingerprint density at radius 2 is 1.91 bits per heavy atom. The molecule has 234 valence electrons. The molecule has 2 heterocycles. The SMILES string of the molecule is Cc1ccc(N2C(=O)CS/C2=N\C(=S)NCCCc2cccc(-c3ncn(-c4ccc(OC(F)(F)F)cc4)n3)c2)c(C(C)C)c1. The topological polar surface area (TPSA) is 84.6 Å². The first-order chi connectivity index (χ1) is 21.5. The number of anilines is 1. The summed E-state index contributed by atoms with van der Waals surface area (Å²) >= 11 is 6.88. The zero-order valence-electron chi connectivity index (χ0n) is 24.8. The fraction of sp³-hybridized carbons (Fsp3) is 0.281. The predicted molar refractivity (Wildman–Crippen MR) is 175 cm³/mol. The Kier molecular flexibility index (Phi) is 9.88. The summed E-state index contributed by atoms with van der Waals surface area (Å²) in [7, 11) is 0. The molecule has 0 unspecified atom stereocenters. The number of amidine groups is 1. The van der Waals surface area contributed by atoms with Gasteiger partial charge in [-0.2, -0.15) is 4.99 Å². The molecule has 0 spiro atoms. The molecule has 3 aromatic carbocycles. The number of carbonyl (C=O) groups is 1. The number of carbonyl (C=O) groups excluding carboxylic acids is 1. The highest BCUT2D eigenvalue weighted by Gasteiger charge is 2.32. The van der Waals surface area contributed by atoms with E-state index in [2.05, 4.69) is 45.0 Å². The third-order valence-electron chi connectivity index (χ3n) is 6.94. The largest absolute Gasteiger partial charge is 0.573 e. The number of aliphatic imine (C=N–C) groups is 1. The van der Waals surface area contributed by atoms with Crippen LogP contribution in [0.1, 0.15) is 42.9 Å². The second-order valence-corrected chi connectivity index (χ2v) is 12.0. The Hall–Kier alpha value is -4.23. The van der Waals surface area contributed by atoms with Gasteiger partial charge in [0, 0.05) is 12.1 Å². The van der Waals surface area contributed by atoms with Crippen LogP contribution >= 0.6 is 24.0 Å². The van der Waals surface area contributed by atoms with Crippen LogP contribution in [0.25, 0.3) is 17.1 Å². The first-order valence-corrected chi connectivity index (χ1v) is 15.7. The molecule has 1 amide bonds. The third kappa shape index (κ3) is 8.28. The molecule has 13 heteroatoms. The number of hydrogen-bond donors (Lipinski definition) is 1. The number of amides is 1. The summed E-state index contributed by atoms with van der Waals surface area (Å²) in [5.41, 5.74) is 5.53. The van der Waals surface area contributed by atoms with Gasteiger partial charge in [0.1, 0.15) is 12.1 Å². The Labute approximate surface area is 268 Å². The highest BCUT2D eigenvalue weighted by Crippen LogP contribution is 2.34. The van der Waals surface area contributed by atoms with Gasteiger partial charge in [-0.05, 0) is 85.4 Å². The molecule has 1 aliphatic heterocycles. The Bertz CT molecular complexity index is 1720. The standard InChI is InChI=1S/C32H31F3N6O2S2/c1-20(2)26-16-21(3)9-14-27(26)41-28(42)18-45-31(41)38-30(44)36-15-5-7-22-6-4-8-23(17-22)29-37-19-40(39-29)24-10-12-25(13-11-24)43-32(33,34)35/h4,6,8-14,16-17,19-20H,5,7,15,18H2,1-3H3,(H,36,44)/b38-31-. The van der Waals surface area contributed by atoms with Crippen molar-refractivity contribution in [3.8, 4) is 22.8 Å². The van der Waals surface area contributed by atoms with Crippen LogP contribution in [0.15, 0.2) is 78.0 Å². The molecule has 1 aliphatic rings. The lowest BCUT2D eigenvalue weighted by atomic mass is 9.98. The summed E-state index contributed by atoms with van der Waals surface area (Å²) in [6, 6.07) is 19.3. The average molecular weight is 653 g/mol. The van der Waals surface area contributed by atoms with Gasteiger partial charge in [-0.25, -0.2) is 9.67 Å². The van der Waals surface area contributed by atoms with Crippen molar-refractivity contribution in [1.82, 2.24) is 20.1 Å². The Balaban J connectivity index is 1.16. The maximum atomic E-state index is 12.8. The fourth-order valence-electron chi connectivity index (χ4n) is 4.82. The van der Waals surface area contributed by atoms with Gasteiger partial charge in [0.25, 0.3) is 0 Å². The minimum absolute atomic E-state index is 0.0139. The summed E-state index contributed by atoms with van der Waals surface area (Å²) in [5.74, 6) is 0.737. The molecule has 45 heavy (non-hydrogen) atoms. The van der Waals surface area contributed by atoms with Gasteiger partial charge in [-0.15, -0.1) is 18.3 Å². The van der Waals surface area contributed by atoms with E-state index in [1.54, 1.807) is 4.90 Å². The van der Waals surface area contributed by atoms with Gasteiger partial charge < -0.3 is 10.1 Å². The number of alkyl halides is 3. The lowest BCUT2D eigenvalue weighted by Gasteiger charge is -2.22. The number of benzene rings is 3. The number of nitrogens with zero attached hydrogens (tertiary/aromatic N) is 5. The zero-order valence-corrected chi connectivity index (χ0v) is 26.5. The first kappa shape index (κ1) is 32.2. The molecule has 1 saturated heterocycles. The number of ether oxygens (including phenoxy) is 1. The van der Waals surface area contributed by atoms with Crippen LogP contribution in [0.4, 0.5) is 18.9 Å². The van der Waals surface area contributed by atoms with Crippen molar-refractivity contribution in [3.63, 3.8) is 0 Å². The molecule has 0 bridgehead atoms. The van der Waals surface area contributed by atoms with E-state index in [9.17, 15) is 18.0 Å². The lowest BCUT2D eigenvalue weighted by molar-refractivity contribution is -0.274. The van der Waals surface area contributed by atoms with Crippen LogP contribution in [-0.2, 0) is 11.2 Å². The van der Waals surface area contributed by atoms with Crippen LogP contribution in [0.2, 0.25) is 0 Å². The van der Waals surface area contributed by atoms with E-state index >= 15 is 0 Å². The van der Waals surface area contributed by atoms with Crippen molar-refractivity contribution < 1.29 is 22.7 Å². The van der Waals surface area contributed by atoms with Gasteiger partial charge in [0.05, 0.1) is 17.1 Å². The van der Waals surface area contributed by atoms with E-state index in [1.165, 1.54) is 47.0 Å². The molecule has 8 nitrogen and oxygen atoms in total. The van der Waals surface area contributed by atoms with E-state index in [1.807, 2.05) is 43.3 Å². The molecule has 0 saturated carbocycles. The van der Waals surface area contributed by atoms with E-state index in [4.69, 9.17) is 12.2 Å². The monoisotopic (exact) mass is 652 g/mol. The van der Waals surface area contributed by atoms with Crippen molar-refractivity contribution in [1.29, 1.82) is 0 Å². The van der Waals surface area contributed by atoms with Crippen LogP contribution < -0.4 is 15.0 Å². The fourth-order valence-corrected chi connectivity index (χ4v) is 5.94. The second-order valence-electron chi connectivity index (χ2n) is 10.7. The Morgan fingerprint density at radius 3 is 2.64 bits per heavy atom. The normalized spacial score (nSPS) is 14.4. The molecular weight excluding hydrogens is 622 g/mol. The maximum absolute atomic E-state index is 12.8. The number of halogens is 3. The second kappa shape index (κ2) is 13.8. The molecule has 0 aliphatic carbocycles. The van der Waals surface area contributed by atoms with E-state index in [0.29, 0.717) is 34.1 Å². The van der Waals surface area contributed by atoms with Gasteiger partial charge in [-0.1, -0.05) is 61.5 Å². The summed E-state index contributed by atoms with van der Waals surface area (Å²) in [6.45, 7) is 6.85. The third-order valence-corrected chi connectivity index (χ3v) is 8.10. The zero-order chi connectivity index (χ0) is 32.1. The van der Waals surface area contributed by atoms with Crippen molar-refractivity contribution >= 4 is 45.9 Å². The van der Waals surface area contributed by atoms with Crippen LogP contribution in [-0.4, -0.2) is 49.6 Å². The van der Waals surface area contributed by atoms with E-state index in [0.717, 1.165) is 40.8 Å². The van der Waals surface area contributed by atoms with Crippen LogP contribution in [0.5, 0.6) is 5.75 Å². The summed E-state index contributed by atoms with van der Waals surface area (Å²) in [4.78, 5) is 23.4. The van der Waals surface area contributed by atoms with Crippen LogP contribution in [0.3, 0.4) is 0 Å². The number of aromatic nitrogens is 3. The molecule has 5 rings (SSSR count). The lowest BCUT2D eigenvalue weighted by Crippen LogP contribution is -2.32. The van der Waals surface area contributed by atoms with E-state index in [-0.39, 0.29) is 17.6 Å². The van der Waals surface area contributed by atoms with E-state index < -0.39 is 6.36 Å². The average Bonchev–Trinajstić information content (AvgIpc) is 3.62. The molecule has 0 atom stereocenters. The summed E-state index contributed by atoms with van der Waals surface area (Å²) in [6.07, 6.45) is -1.69. The molecule has 1 aromatic heterocycles. The van der Waals surface area contributed by atoms with Crippen LogP contribution in [0, 0.1) is 6.92 Å². The summed E-state index contributed by atoms with van der Waals surface area (Å²) in [5, 5.41) is 8.58. The van der Waals surface area contributed by atoms with Crippen molar-refractivity contribution in [2.75, 3.05) is 17.2 Å². The van der Waals surface area contributed by atoms with Gasteiger partial charge >= 0.3 is 6.36 Å². The Morgan fingerprint density at radius 1 is 1.13 bits per heavy atom. The number of thioether (sulfide) groups is 1. The minimum atomic E-state index is -4.75. The minimum Gasteiger partial charge on any atom is -0.406 e. The van der Waals surface area contributed by atoms with Crippen molar-refractivity contribution in [2.24, 2.45) is 4.99 Å². The van der Waals surface area contributed by atoms with Gasteiger partial charge in [0.15, 0.2) is 16.1 Å². The predicted octanol–water partition coefficient (Wildman–Crippen LogP) is 7.21. The number of aryl methyl sites for hydroxylation is 2. The number of nitrogens with one attached hydrogen (secondary N) is 1. The van der Waals surface area contributed by atoms with Crippen molar-refractivity contribution in [2.45, 2.75) is 45.9 Å². The quantitative estimate of drug-likeness (QED) is 0.151. The van der Waals surface area contributed by atoms with Crippen molar-refractivity contribution in [3.05, 3.63) is 89.7 Å². The molecular formula is C32H31F3N6O2S2.